The number of methoxy groups -OCH3 is 3. The molecule has 0 bridgehead atoms. The fourth-order valence-electron chi connectivity index (χ4n) is 3.59. The van der Waals surface area contributed by atoms with E-state index in [1.54, 1.807) is 0 Å². The Hall–Kier alpha value is -3.18. The van der Waals surface area contributed by atoms with Crippen LogP contribution >= 0.6 is 0 Å². The molecule has 0 saturated carbocycles. The Morgan fingerprint density at radius 3 is 1.06 bits per heavy atom. The fourth-order valence-corrected chi connectivity index (χ4v) is 6.72. The first-order valence-electron chi connectivity index (χ1n) is 9.36. The van der Waals surface area contributed by atoms with Gasteiger partial charge in [0.25, 0.3) is 0 Å². The standard InChI is InChI=1S/2C7H3F4O.C7H4F3O.Al/c2*1-12-7-5(10)3(8)2-4(9)6(7)11;1-11-7-5(9)2-4(8)3-6(7)10;/h2*1H3;2H,1H3;. The molecule has 0 saturated heterocycles. The Bertz CT molecular complexity index is 1250. The van der Waals surface area contributed by atoms with E-state index in [0.29, 0.717) is 21.3 Å². The van der Waals surface area contributed by atoms with Gasteiger partial charge in [-0.2, -0.15) is 17.6 Å². The predicted molar refractivity (Wildman–Crippen MR) is 103 cm³/mol. The molecule has 0 heterocycles. The molecular weight excluding hydrogens is 536 g/mol. The van der Waals surface area contributed by atoms with E-state index < -0.39 is 109 Å². The van der Waals surface area contributed by atoms with Gasteiger partial charge in [-0.25, -0.2) is 30.7 Å². The van der Waals surface area contributed by atoms with E-state index in [1.807, 2.05) is 0 Å². The predicted octanol–water partition coefficient (Wildman–Crippen LogP) is 3.76. The van der Waals surface area contributed by atoms with Crippen molar-refractivity contribution in [1.82, 2.24) is 0 Å². The van der Waals surface area contributed by atoms with E-state index in [1.165, 1.54) is 0 Å². The van der Waals surface area contributed by atoms with Crippen molar-refractivity contribution in [3.05, 3.63) is 70.1 Å². The summed E-state index contributed by atoms with van der Waals surface area (Å²) >= 11 is -5.35. The van der Waals surface area contributed by atoms with Crippen LogP contribution in [0.4, 0.5) is 48.3 Å². The Labute approximate surface area is 199 Å². The molecule has 0 radical (unpaired) electrons. The van der Waals surface area contributed by atoms with Crippen LogP contribution in [0.15, 0.2) is 6.07 Å². The molecule has 3 rings (SSSR count). The van der Waals surface area contributed by atoms with Gasteiger partial charge in [-0.05, 0) is 13.3 Å². The third-order valence-corrected chi connectivity index (χ3v) is 8.43. The van der Waals surface area contributed by atoms with E-state index in [0.717, 1.165) is 0 Å². The lowest BCUT2D eigenvalue weighted by molar-refractivity contribution is 0.334. The summed E-state index contributed by atoms with van der Waals surface area (Å²) in [5.41, 5.74) is 0. The Morgan fingerprint density at radius 2 is 0.750 bits per heavy atom. The number of hydrogen-bond donors (Lipinski definition) is 0. The van der Waals surface area contributed by atoms with Gasteiger partial charge in [-0.1, -0.05) is 0 Å². The summed E-state index contributed by atoms with van der Waals surface area (Å²) in [4.78, 5) is 0. The molecule has 0 fully saturated rings. The fraction of sp³-hybridized carbons (Fsp3) is 0.143. The van der Waals surface area contributed by atoms with Crippen molar-refractivity contribution < 1.29 is 62.5 Å². The second-order valence-corrected chi connectivity index (χ2v) is 9.54. The monoisotopic (exact) mass is 546 g/mol. The maximum atomic E-state index is 15.2. The Morgan fingerprint density at radius 1 is 0.417 bits per heavy atom. The molecule has 15 heteroatoms. The lowest BCUT2D eigenvalue weighted by atomic mass is 10.2. The zero-order valence-electron chi connectivity index (χ0n) is 18.0. The van der Waals surface area contributed by atoms with Crippen molar-refractivity contribution in [2.75, 3.05) is 21.3 Å². The van der Waals surface area contributed by atoms with Crippen LogP contribution in [0.2, 0.25) is 0 Å². The zero-order valence-corrected chi connectivity index (χ0v) is 19.2. The van der Waals surface area contributed by atoms with E-state index in [-0.39, 0.29) is 6.07 Å². The van der Waals surface area contributed by atoms with E-state index in [2.05, 4.69) is 14.2 Å². The Balaban J connectivity index is 2.65. The average Bonchev–Trinajstić information content (AvgIpc) is 2.82. The maximum Gasteiger partial charge on any atom is 0.412 e. The van der Waals surface area contributed by atoms with Crippen molar-refractivity contribution in [3.8, 4) is 17.2 Å². The first-order valence-corrected chi connectivity index (χ1v) is 11.1. The van der Waals surface area contributed by atoms with Gasteiger partial charge in [-0.15, -0.1) is 0 Å². The van der Waals surface area contributed by atoms with Crippen LogP contribution in [-0.2, 0) is 0 Å². The highest BCUT2D eigenvalue weighted by Gasteiger charge is 2.46. The maximum absolute atomic E-state index is 15.2. The SMILES string of the molecule is COc1c(F)cc(F)[c]([Al]([c]2c(F)c(F)c(OC)c(F)c2F)[c]2c(F)c(F)c(OC)c(F)c2F)c1F. The van der Waals surface area contributed by atoms with Gasteiger partial charge in [-0.3, -0.25) is 0 Å². The summed E-state index contributed by atoms with van der Waals surface area (Å²) in [6, 6.07) is -0.130. The topological polar surface area (TPSA) is 27.7 Å². The van der Waals surface area contributed by atoms with Crippen LogP contribution in [0.3, 0.4) is 0 Å². The van der Waals surface area contributed by atoms with Crippen LogP contribution in [0.25, 0.3) is 0 Å². The second kappa shape index (κ2) is 10.1. The van der Waals surface area contributed by atoms with Crippen LogP contribution in [0.1, 0.15) is 0 Å². The van der Waals surface area contributed by atoms with Crippen molar-refractivity contribution in [3.63, 3.8) is 0 Å². The molecule has 3 nitrogen and oxygen atoms in total. The molecule has 0 aliphatic heterocycles. The average molecular weight is 546 g/mol. The molecule has 3 aromatic carbocycles. The zero-order chi connectivity index (χ0) is 27.2. The first-order chi connectivity index (χ1) is 16.8. The molecule has 0 aliphatic carbocycles. The molecule has 0 aromatic heterocycles. The highest BCUT2D eigenvalue weighted by molar-refractivity contribution is 6.95. The molecule has 0 unspecified atom stereocenters. The van der Waals surface area contributed by atoms with Crippen molar-refractivity contribution in [2.24, 2.45) is 0 Å². The third-order valence-electron chi connectivity index (χ3n) is 5.16. The van der Waals surface area contributed by atoms with E-state index in [4.69, 9.17) is 0 Å². The van der Waals surface area contributed by atoms with Gasteiger partial charge >= 0.3 is 14.1 Å². The summed E-state index contributed by atoms with van der Waals surface area (Å²) in [7, 11) is 1.83. The highest BCUT2D eigenvalue weighted by atomic mass is 27.2. The van der Waals surface area contributed by atoms with Crippen LogP contribution < -0.4 is 27.5 Å². The minimum absolute atomic E-state index is 0.130. The molecule has 0 N–H and O–H groups in total. The quantitative estimate of drug-likeness (QED) is 0.268. The normalized spacial score (nSPS) is 11.1. The van der Waals surface area contributed by atoms with Gasteiger partial charge in [0.05, 0.1) is 21.3 Å². The van der Waals surface area contributed by atoms with Gasteiger partial charge in [0, 0.05) is 6.07 Å². The molecule has 3 aromatic rings. The van der Waals surface area contributed by atoms with Crippen molar-refractivity contribution in [1.29, 1.82) is 0 Å². The molecule has 0 amide bonds. The lowest BCUT2D eigenvalue weighted by Crippen LogP contribution is -2.60. The van der Waals surface area contributed by atoms with E-state index >= 15 is 22.0 Å². The number of hydrogen-bond acceptors (Lipinski definition) is 3. The number of ether oxygens (including phenoxy) is 3. The summed E-state index contributed by atoms with van der Waals surface area (Å²) in [6.07, 6.45) is 0. The van der Waals surface area contributed by atoms with Gasteiger partial charge in [0.2, 0.25) is 23.3 Å². The minimum atomic E-state index is -5.35. The summed E-state index contributed by atoms with van der Waals surface area (Å²) in [6.45, 7) is 0. The second-order valence-electron chi connectivity index (χ2n) is 6.94. The summed E-state index contributed by atoms with van der Waals surface area (Å²) < 4.78 is 169. The van der Waals surface area contributed by atoms with Gasteiger partial charge < -0.3 is 14.2 Å². The van der Waals surface area contributed by atoms with Crippen LogP contribution in [0, 0.1) is 64.0 Å². The third kappa shape index (κ3) is 4.00. The molecule has 0 atom stereocenters. The van der Waals surface area contributed by atoms with Crippen molar-refractivity contribution >= 4 is 27.4 Å². The molecule has 0 aliphatic rings. The molecule has 0 spiro atoms. The largest absolute Gasteiger partial charge is 0.491 e. The molecule has 36 heavy (non-hydrogen) atoms. The van der Waals surface area contributed by atoms with Gasteiger partial charge in [0.1, 0.15) is 5.82 Å². The van der Waals surface area contributed by atoms with Crippen LogP contribution in [0.5, 0.6) is 17.2 Å². The highest BCUT2D eigenvalue weighted by Crippen LogP contribution is 2.29. The smallest absolute Gasteiger partial charge is 0.412 e. The van der Waals surface area contributed by atoms with Gasteiger partial charge in [0.15, 0.2) is 52.2 Å². The summed E-state index contributed by atoms with van der Waals surface area (Å²) in [5, 5.41) is 0. The molecular formula is C21H10AlF11O3. The summed E-state index contributed by atoms with van der Waals surface area (Å²) in [5.74, 6) is -29.7. The number of benzene rings is 3. The number of halogens is 11. The van der Waals surface area contributed by atoms with E-state index in [9.17, 15) is 26.3 Å². The Kier molecular flexibility index (Phi) is 7.66. The van der Waals surface area contributed by atoms with Crippen LogP contribution in [-0.4, -0.2) is 35.5 Å². The lowest BCUT2D eigenvalue weighted by Gasteiger charge is -2.21. The minimum Gasteiger partial charge on any atom is -0.491 e. The number of rotatable bonds is 6. The molecule has 192 valence electrons. The van der Waals surface area contributed by atoms with Crippen molar-refractivity contribution in [2.45, 2.75) is 0 Å². The first kappa shape index (κ1) is 27.4.